The van der Waals surface area contributed by atoms with E-state index in [9.17, 15) is 0 Å². The van der Waals surface area contributed by atoms with Crippen molar-refractivity contribution in [3.63, 3.8) is 0 Å². The summed E-state index contributed by atoms with van der Waals surface area (Å²) in [6, 6.07) is 3.30. The van der Waals surface area contributed by atoms with E-state index in [2.05, 4.69) is 9.97 Å². The Hall–Kier alpha value is -1.49. The predicted octanol–water partition coefficient (Wildman–Crippen LogP) is 4.58. The number of fused-ring (bicyclic) bond motifs is 1. The Morgan fingerprint density at radius 2 is 1.67 bits per heavy atom. The van der Waals surface area contributed by atoms with Crippen molar-refractivity contribution in [1.82, 2.24) is 14.5 Å². The molecule has 2 N–H and O–H groups in total. The van der Waals surface area contributed by atoms with Crippen molar-refractivity contribution in [3.05, 3.63) is 44.8 Å². The molecule has 0 bridgehead atoms. The van der Waals surface area contributed by atoms with E-state index in [0.717, 1.165) is 16.6 Å². The molecule has 7 heteroatoms. The van der Waals surface area contributed by atoms with E-state index in [4.69, 9.17) is 40.5 Å². The van der Waals surface area contributed by atoms with Gasteiger partial charge in [0.15, 0.2) is 5.65 Å². The lowest BCUT2D eigenvalue weighted by Crippen LogP contribution is -2.01. The van der Waals surface area contributed by atoms with Crippen molar-refractivity contribution in [2.45, 2.75) is 13.8 Å². The molecule has 21 heavy (non-hydrogen) atoms. The van der Waals surface area contributed by atoms with Gasteiger partial charge in [-0.2, -0.15) is 0 Å². The van der Waals surface area contributed by atoms with E-state index >= 15 is 0 Å². The maximum absolute atomic E-state index is 6.33. The van der Waals surface area contributed by atoms with Crippen LogP contribution in [-0.2, 0) is 0 Å². The van der Waals surface area contributed by atoms with Crippen LogP contribution in [0, 0.1) is 13.8 Å². The summed E-state index contributed by atoms with van der Waals surface area (Å²) in [6.07, 6.45) is 1.42. The predicted molar refractivity (Wildman–Crippen MR) is 87.8 cm³/mol. The Labute approximate surface area is 136 Å². The topological polar surface area (TPSA) is 56.7 Å². The molecule has 0 amide bonds. The van der Waals surface area contributed by atoms with Crippen LogP contribution in [0.25, 0.3) is 16.7 Å². The third kappa shape index (κ3) is 2.14. The molecule has 2 aromatic heterocycles. The number of anilines is 1. The minimum Gasteiger partial charge on any atom is -0.383 e. The highest BCUT2D eigenvalue weighted by Crippen LogP contribution is 2.37. The van der Waals surface area contributed by atoms with Crippen molar-refractivity contribution < 1.29 is 0 Å². The fraction of sp³-hybridized carbons (Fsp3) is 0.143. The van der Waals surface area contributed by atoms with Crippen LogP contribution in [0.4, 0.5) is 5.82 Å². The molecule has 0 saturated heterocycles. The maximum Gasteiger partial charge on any atom is 0.150 e. The molecule has 0 aliphatic heterocycles. The average Bonchev–Trinajstić information content (AvgIpc) is 2.64. The Balaban J connectivity index is 2.48. The van der Waals surface area contributed by atoms with Crippen molar-refractivity contribution in [1.29, 1.82) is 0 Å². The van der Waals surface area contributed by atoms with Crippen molar-refractivity contribution in [2.75, 3.05) is 5.73 Å². The number of nitrogen functional groups attached to an aromatic ring is 1. The first-order chi connectivity index (χ1) is 9.91. The van der Waals surface area contributed by atoms with E-state index < -0.39 is 0 Å². The van der Waals surface area contributed by atoms with Gasteiger partial charge in [-0.15, -0.1) is 0 Å². The number of nitrogens with two attached hydrogens (primary N) is 1. The Kier molecular flexibility index (Phi) is 3.48. The van der Waals surface area contributed by atoms with Gasteiger partial charge in [-0.05, 0) is 31.5 Å². The fourth-order valence-corrected chi connectivity index (χ4v) is 3.43. The average molecular weight is 342 g/mol. The summed E-state index contributed by atoms with van der Waals surface area (Å²) in [7, 11) is 0. The first kappa shape index (κ1) is 14.4. The smallest absolute Gasteiger partial charge is 0.150 e. The van der Waals surface area contributed by atoms with Gasteiger partial charge < -0.3 is 5.73 Å². The van der Waals surface area contributed by atoms with Crippen LogP contribution >= 0.6 is 34.8 Å². The zero-order valence-corrected chi connectivity index (χ0v) is 13.6. The van der Waals surface area contributed by atoms with Gasteiger partial charge in [0.25, 0.3) is 0 Å². The SMILES string of the molecule is Cc1c(C)n(-c2c(Cl)cc(Cl)cc2Cl)c2ncnc(N)c12. The minimum atomic E-state index is 0.431. The zero-order chi connectivity index (χ0) is 15.3. The second kappa shape index (κ2) is 5.05. The summed E-state index contributed by atoms with van der Waals surface area (Å²) in [5.74, 6) is 0.431. The molecule has 0 unspecified atom stereocenters. The molecule has 1 aromatic carbocycles. The minimum absolute atomic E-state index is 0.431. The summed E-state index contributed by atoms with van der Waals surface area (Å²) >= 11 is 18.6. The van der Waals surface area contributed by atoms with E-state index in [1.54, 1.807) is 12.1 Å². The van der Waals surface area contributed by atoms with Crippen molar-refractivity contribution >= 4 is 51.7 Å². The normalized spacial score (nSPS) is 11.3. The summed E-state index contributed by atoms with van der Waals surface area (Å²) in [5, 5.41) is 2.18. The number of nitrogens with zero attached hydrogens (tertiary/aromatic N) is 3. The molecule has 0 radical (unpaired) electrons. The van der Waals surface area contributed by atoms with Crippen LogP contribution in [0.1, 0.15) is 11.3 Å². The van der Waals surface area contributed by atoms with Gasteiger partial charge in [0.1, 0.15) is 12.1 Å². The highest BCUT2D eigenvalue weighted by molar-refractivity contribution is 6.40. The quantitative estimate of drug-likeness (QED) is 0.705. The molecule has 0 atom stereocenters. The zero-order valence-electron chi connectivity index (χ0n) is 11.3. The summed E-state index contributed by atoms with van der Waals surface area (Å²) < 4.78 is 1.88. The lowest BCUT2D eigenvalue weighted by Gasteiger charge is -2.12. The molecule has 0 saturated carbocycles. The number of hydrogen-bond donors (Lipinski definition) is 1. The Bertz CT molecular complexity index is 847. The highest BCUT2D eigenvalue weighted by atomic mass is 35.5. The fourth-order valence-electron chi connectivity index (χ4n) is 2.45. The Morgan fingerprint density at radius 3 is 2.29 bits per heavy atom. The van der Waals surface area contributed by atoms with E-state index in [0.29, 0.717) is 32.2 Å². The summed E-state index contributed by atoms with van der Waals surface area (Å²) in [5.41, 5.74) is 9.21. The number of benzene rings is 1. The Morgan fingerprint density at radius 1 is 1.05 bits per heavy atom. The molecule has 3 rings (SSSR count). The maximum atomic E-state index is 6.33. The van der Waals surface area contributed by atoms with Crippen LogP contribution < -0.4 is 5.73 Å². The third-order valence-electron chi connectivity index (χ3n) is 3.53. The highest BCUT2D eigenvalue weighted by Gasteiger charge is 2.20. The molecule has 0 aliphatic carbocycles. The van der Waals surface area contributed by atoms with E-state index in [1.807, 2.05) is 18.4 Å². The van der Waals surface area contributed by atoms with Crippen LogP contribution in [0.3, 0.4) is 0 Å². The molecule has 0 aliphatic rings. The van der Waals surface area contributed by atoms with Gasteiger partial charge in [-0.25, -0.2) is 9.97 Å². The van der Waals surface area contributed by atoms with Crippen LogP contribution in [0.15, 0.2) is 18.5 Å². The molecular weight excluding hydrogens is 331 g/mol. The molecule has 0 spiro atoms. The second-order valence-corrected chi connectivity index (χ2v) is 5.97. The molecule has 3 aromatic rings. The number of halogens is 3. The number of hydrogen-bond acceptors (Lipinski definition) is 3. The second-order valence-electron chi connectivity index (χ2n) is 4.72. The largest absolute Gasteiger partial charge is 0.383 e. The number of aromatic nitrogens is 3. The van der Waals surface area contributed by atoms with E-state index in [-0.39, 0.29) is 0 Å². The number of aryl methyl sites for hydroxylation is 1. The van der Waals surface area contributed by atoms with Crippen LogP contribution in [-0.4, -0.2) is 14.5 Å². The number of rotatable bonds is 1. The summed E-state index contributed by atoms with van der Waals surface area (Å²) in [6.45, 7) is 3.92. The van der Waals surface area contributed by atoms with Gasteiger partial charge in [0.05, 0.1) is 21.1 Å². The molecular formula is C14H11Cl3N4. The van der Waals surface area contributed by atoms with Gasteiger partial charge in [0, 0.05) is 10.7 Å². The van der Waals surface area contributed by atoms with Crippen molar-refractivity contribution in [2.24, 2.45) is 0 Å². The van der Waals surface area contributed by atoms with Crippen LogP contribution in [0.2, 0.25) is 15.1 Å². The third-order valence-corrected chi connectivity index (χ3v) is 4.32. The molecule has 4 nitrogen and oxygen atoms in total. The molecule has 0 fully saturated rings. The van der Waals surface area contributed by atoms with Gasteiger partial charge in [-0.3, -0.25) is 4.57 Å². The van der Waals surface area contributed by atoms with Gasteiger partial charge in [-0.1, -0.05) is 34.8 Å². The standard InChI is InChI=1S/C14H11Cl3N4/c1-6-7(2)21(14-11(6)13(18)19-5-20-14)12-9(16)3-8(15)4-10(12)17/h3-5H,1-2H3,(H2,18,19,20). The monoisotopic (exact) mass is 340 g/mol. The van der Waals surface area contributed by atoms with Gasteiger partial charge >= 0.3 is 0 Å². The first-order valence-electron chi connectivity index (χ1n) is 6.14. The summed E-state index contributed by atoms with van der Waals surface area (Å²) in [4.78, 5) is 8.37. The lowest BCUT2D eigenvalue weighted by atomic mass is 10.2. The van der Waals surface area contributed by atoms with Gasteiger partial charge in [0.2, 0.25) is 0 Å². The van der Waals surface area contributed by atoms with E-state index in [1.165, 1.54) is 6.33 Å². The van der Waals surface area contributed by atoms with Crippen LogP contribution in [0.5, 0.6) is 0 Å². The molecule has 2 heterocycles. The first-order valence-corrected chi connectivity index (χ1v) is 7.28. The lowest BCUT2D eigenvalue weighted by molar-refractivity contribution is 1.01. The molecule has 108 valence electrons. The van der Waals surface area contributed by atoms with Crippen molar-refractivity contribution in [3.8, 4) is 5.69 Å².